The molecule has 0 bridgehead atoms. The second-order valence-corrected chi connectivity index (χ2v) is 5.43. The van der Waals surface area contributed by atoms with E-state index < -0.39 is 0 Å². The van der Waals surface area contributed by atoms with Crippen molar-refractivity contribution >= 4 is 0 Å². The molecule has 0 amide bonds. The molecule has 0 saturated heterocycles. The van der Waals surface area contributed by atoms with Crippen LogP contribution in [-0.4, -0.2) is 6.54 Å². The van der Waals surface area contributed by atoms with E-state index in [9.17, 15) is 0 Å². The minimum absolute atomic E-state index is 0.388. The van der Waals surface area contributed by atoms with Crippen molar-refractivity contribution in [3.05, 3.63) is 35.4 Å². The first kappa shape index (κ1) is 12.6. The van der Waals surface area contributed by atoms with E-state index in [0.717, 1.165) is 19.4 Å². The highest BCUT2D eigenvalue weighted by atomic mass is 14.5. The van der Waals surface area contributed by atoms with Crippen LogP contribution in [0.25, 0.3) is 0 Å². The fourth-order valence-electron chi connectivity index (χ4n) is 3.28. The van der Waals surface area contributed by atoms with Crippen molar-refractivity contribution in [3.63, 3.8) is 0 Å². The van der Waals surface area contributed by atoms with Crippen molar-refractivity contribution in [2.45, 2.75) is 57.3 Å². The molecule has 0 atom stereocenters. The number of rotatable bonds is 4. The molecule has 17 heavy (non-hydrogen) atoms. The summed E-state index contributed by atoms with van der Waals surface area (Å²) < 4.78 is 0. The van der Waals surface area contributed by atoms with Crippen LogP contribution in [0.2, 0.25) is 0 Å². The molecule has 1 saturated carbocycles. The van der Waals surface area contributed by atoms with Gasteiger partial charge < -0.3 is 5.73 Å². The summed E-state index contributed by atoms with van der Waals surface area (Å²) >= 11 is 0. The summed E-state index contributed by atoms with van der Waals surface area (Å²) in [6.07, 6.45) is 9.08. The highest BCUT2D eigenvalue weighted by molar-refractivity contribution is 5.30. The molecule has 1 fully saturated rings. The SMILES string of the molecule is CCc1ccc(C2(CCN)CCCCC2)cc1. The van der Waals surface area contributed by atoms with Crippen LogP contribution >= 0.6 is 0 Å². The Morgan fingerprint density at radius 2 is 1.71 bits per heavy atom. The van der Waals surface area contributed by atoms with Crippen LogP contribution in [0.3, 0.4) is 0 Å². The first-order valence-electron chi connectivity index (χ1n) is 7.10. The zero-order chi connectivity index (χ0) is 12.1. The highest BCUT2D eigenvalue weighted by Gasteiger charge is 2.32. The Balaban J connectivity index is 2.24. The van der Waals surface area contributed by atoms with Gasteiger partial charge in [-0.3, -0.25) is 0 Å². The maximum Gasteiger partial charge on any atom is -0.00350 e. The fraction of sp³-hybridized carbons (Fsp3) is 0.625. The van der Waals surface area contributed by atoms with E-state index in [4.69, 9.17) is 5.73 Å². The second kappa shape index (κ2) is 5.68. The van der Waals surface area contributed by atoms with E-state index in [1.165, 1.54) is 43.2 Å². The van der Waals surface area contributed by atoms with Crippen LogP contribution in [0.4, 0.5) is 0 Å². The molecule has 1 nitrogen and oxygen atoms in total. The highest BCUT2D eigenvalue weighted by Crippen LogP contribution is 2.41. The molecule has 2 rings (SSSR count). The minimum Gasteiger partial charge on any atom is -0.330 e. The predicted octanol–water partition coefficient (Wildman–Crippen LogP) is 3.80. The van der Waals surface area contributed by atoms with Crippen molar-refractivity contribution in [3.8, 4) is 0 Å². The van der Waals surface area contributed by atoms with Gasteiger partial charge >= 0.3 is 0 Å². The van der Waals surface area contributed by atoms with Gasteiger partial charge in [-0.05, 0) is 48.8 Å². The van der Waals surface area contributed by atoms with Crippen LogP contribution in [0, 0.1) is 0 Å². The average Bonchev–Trinajstić information content (AvgIpc) is 2.40. The molecule has 0 radical (unpaired) electrons. The summed E-state index contributed by atoms with van der Waals surface area (Å²) in [5.41, 5.74) is 9.19. The predicted molar refractivity (Wildman–Crippen MR) is 74.3 cm³/mol. The molecule has 1 aliphatic carbocycles. The Kier molecular flexibility index (Phi) is 4.22. The molecular formula is C16H25N. The number of nitrogens with two attached hydrogens (primary N) is 1. The van der Waals surface area contributed by atoms with Gasteiger partial charge in [0, 0.05) is 0 Å². The standard InChI is InChI=1S/C16H25N/c1-2-14-6-8-15(9-7-14)16(12-13-17)10-4-3-5-11-16/h6-9H,2-5,10-13,17H2,1H3. The number of benzene rings is 1. The molecule has 0 aromatic heterocycles. The Labute approximate surface area is 105 Å². The van der Waals surface area contributed by atoms with Crippen molar-refractivity contribution in [1.29, 1.82) is 0 Å². The van der Waals surface area contributed by atoms with Crippen LogP contribution in [0.5, 0.6) is 0 Å². The van der Waals surface area contributed by atoms with Gasteiger partial charge in [0.05, 0.1) is 0 Å². The monoisotopic (exact) mass is 231 g/mol. The van der Waals surface area contributed by atoms with Gasteiger partial charge in [0.2, 0.25) is 0 Å². The first-order chi connectivity index (χ1) is 8.30. The minimum atomic E-state index is 0.388. The molecule has 1 aromatic rings. The summed E-state index contributed by atoms with van der Waals surface area (Å²) in [5.74, 6) is 0. The van der Waals surface area contributed by atoms with Crippen molar-refractivity contribution in [2.24, 2.45) is 5.73 Å². The summed E-state index contributed by atoms with van der Waals surface area (Å²) in [4.78, 5) is 0. The molecule has 0 aliphatic heterocycles. The fourth-order valence-corrected chi connectivity index (χ4v) is 3.28. The van der Waals surface area contributed by atoms with Crippen LogP contribution in [-0.2, 0) is 11.8 Å². The van der Waals surface area contributed by atoms with Gasteiger partial charge in [0.15, 0.2) is 0 Å². The molecular weight excluding hydrogens is 206 g/mol. The number of aryl methyl sites for hydroxylation is 1. The van der Waals surface area contributed by atoms with Gasteiger partial charge in [-0.1, -0.05) is 50.5 Å². The lowest BCUT2D eigenvalue weighted by Gasteiger charge is -2.38. The van der Waals surface area contributed by atoms with Crippen molar-refractivity contribution in [1.82, 2.24) is 0 Å². The van der Waals surface area contributed by atoms with Gasteiger partial charge in [0.1, 0.15) is 0 Å². The first-order valence-corrected chi connectivity index (χ1v) is 7.10. The smallest absolute Gasteiger partial charge is 0.00350 e. The lowest BCUT2D eigenvalue weighted by Crippen LogP contribution is -2.31. The van der Waals surface area contributed by atoms with E-state index in [1.54, 1.807) is 0 Å². The van der Waals surface area contributed by atoms with E-state index in [0.29, 0.717) is 5.41 Å². The Morgan fingerprint density at radius 3 is 2.24 bits per heavy atom. The lowest BCUT2D eigenvalue weighted by atomic mass is 9.67. The van der Waals surface area contributed by atoms with Gasteiger partial charge in [-0.2, -0.15) is 0 Å². The molecule has 94 valence electrons. The summed E-state index contributed by atoms with van der Waals surface area (Å²) in [7, 11) is 0. The average molecular weight is 231 g/mol. The molecule has 2 N–H and O–H groups in total. The molecule has 1 aromatic carbocycles. The van der Waals surface area contributed by atoms with Gasteiger partial charge in [0.25, 0.3) is 0 Å². The van der Waals surface area contributed by atoms with Crippen molar-refractivity contribution in [2.75, 3.05) is 6.54 Å². The zero-order valence-electron chi connectivity index (χ0n) is 11.0. The summed E-state index contributed by atoms with van der Waals surface area (Å²) in [6, 6.07) is 9.28. The van der Waals surface area contributed by atoms with Crippen LogP contribution in [0.1, 0.15) is 56.6 Å². The Hall–Kier alpha value is -0.820. The Bertz CT molecular complexity index is 328. The van der Waals surface area contributed by atoms with E-state index >= 15 is 0 Å². The third-order valence-corrected chi connectivity index (χ3v) is 4.41. The molecule has 0 unspecified atom stereocenters. The summed E-state index contributed by atoms with van der Waals surface area (Å²) in [5, 5.41) is 0. The number of hydrogen-bond donors (Lipinski definition) is 1. The van der Waals surface area contributed by atoms with Crippen LogP contribution < -0.4 is 5.73 Å². The normalized spacial score (nSPS) is 19.2. The lowest BCUT2D eigenvalue weighted by molar-refractivity contribution is 0.277. The van der Waals surface area contributed by atoms with E-state index in [2.05, 4.69) is 31.2 Å². The van der Waals surface area contributed by atoms with Crippen molar-refractivity contribution < 1.29 is 0 Å². The molecule has 1 aliphatic rings. The maximum atomic E-state index is 5.84. The Morgan fingerprint density at radius 1 is 1.06 bits per heavy atom. The third kappa shape index (κ3) is 2.71. The van der Waals surface area contributed by atoms with E-state index in [-0.39, 0.29) is 0 Å². The van der Waals surface area contributed by atoms with Gasteiger partial charge in [-0.15, -0.1) is 0 Å². The molecule has 0 spiro atoms. The largest absolute Gasteiger partial charge is 0.330 e. The quantitative estimate of drug-likeness (QED) is 0.838. The third-order valence-electron chi connectivity index (χ3n) is 4.41. The van der Waals surface area contributed by atoms with E-state index in [1.807, 2.05) is 0 Å². The topological polar surface area (TPSA) is 26.0 Å². The zero-order valence-corrected chi connectivity index (χ0v) is 11.0. The maximum absolute atomic E-state index is 5.84. The second-order valence-electron chi connectivity index (χ2n) is 5.43. The van der Waals surface area contributed by atoms with Crippen LogP contribution in [0.15, 0.2) is 24.3 Å². The molecule has 0 heterocycles. The molecule has 1 heteroatoms. The van der Waals surface area contributed by atoms with Gasteiger partial charge in [-0.25, -0.2) is 0 Å². The summed E-state index contributed by atoms with van der Waals surface area (Å²) in [6.45, 7) is 3.03. The number of hydrogen-bond acceptors (Lipinski definition) is 1.